The smallest absolute Gasteiger partial charge is 0.273 e. The minimum absolute atomic E-state index is 0.0756. The lowest BCUT2D eigenvalue weighted by atomic mass is 10.1. The molecule has 0 fully saturated rings. The van der Waals surface area contributed by atoms with E-state index in [1.165, 1.54) is 12.1 Å². The van der Waals surface area contributed by atoms with Crippen molar-refractivity contribution in [2.24, 2.45) is 0 Å². The van der Waals surface area contributed by atoms with E-state index in [1.807, 2.05) is 19.9 Å². The van der Waals surface area contributed by atoms with E-state index in [0.29, 0.717) is 17.2 Å². The molecule has 3 aromatic rings. The molecule has 0 unspecified atom stereocenters. The van der Waals surface area contributed by atoms with Crippen molar-refractivity contribution in [3.63, 3.8) is 0 Å². The summed E-state index contributed by atoms with van der Waals surface area (Å²) < 4.78 is 0. The van der Waals surface area contributed by atoms with Crippen molar-refractivity contribution < 1.29 is 14.8 Å². The number of rotatable bonds is 5. The molecule has 0 spiro atoms. The molecule has 0 saturated heterocycles. The number of carbonyl (C=O) groups excluding carboxylic acids is 1. The summed E-state index contributed by atoms with van der Waals surface area (Å²) >= 11 is 0. The molecular formula is C19H17N5O4. The van der Waals surface area contributed by atoms with Crippen LogP contribution in [0, 0.1) is 24.0 Å². The van der Waals surface area contributed by atoms with Crippen LogP contribution in [0.3, 0.4) is 0 Å². The number of phenolic OH excluding ortho intramolecular Hbond substituents is 1. The molecule has 0 atom stereocenters. The second kappa shape index (κ2) is 7.70. The fraction of sp³-hybridized carbons (Fsp3) is 0.105. The highest BCUT2D eigenvalue weighted by atomic mass is 16.6. The summed E-state index contributed by atoms with van der Waals surface area (Å²) in [5, 5.41) is 26.2. The Morgan fingerprint density at radius 3 is 2.43 bits per heavy atom. The number of nitro benzene ring substituents is 1. The van der Waals surface area contributed by atoms with Crippen LogP contribution in [0.25, 0.3) is 0 Å². The first-order valence-corrected chi connectivity index (χ1v) is 8.30. The third-order valence-corrected chi connectivity index (χ3v) is 3.80. The molecular weight excluding hydrogens is 362 g/mol. The van der Waals surface area contributed by atoms with Crippen LogP contribution in [-0.2, 0) is 0 Å². The van der Waals surface area contributed by atoms with Crippen molar-refractivity contribution >= 4 is 28.9 Å². The van der Waals surface area contributed by atoms with E-state index in [-0.39, 0.29) is 17.1 Å². The summed E-state index contributed by atoms with van der Waals surface area (Å²) in [5.74, 6) is -0.447. The Hall–Kier alpha value is -4.01. The number of nitrogens with one attached hydrogen (secondary N) is 2. The number of nitro groups is 1. The predicted molar refractivity (Wildman–Crippen MR) is 104 cm³/mol. The molecule has 1 heterocycles. The number of nitrogens with zero attached hydrogens (tertiary/aromatic N) is 3. The third-order valence-electron chi connectivity index (χ3n) is 3.80. The van der Waals surface area contributed by atoms with E-state index < -0.39 is 10.8 Å². The molecule has 28 heavy (non-hydrogen) atoms. The van der Waals surface area contributed by atoms with Crippen molar-refractivity contribution in [2.45, 2.75) is 13.8 Å². The lowest BCUT2D eigenvalue weighted by Crippen LogP contribution is -2.12. The van der Waals surface area contributed by atoms with Gasteiger partial charge in [0.15, 0.2) is 0 Å². The number of aryl methyl sites for hydroxylation is 2. The zero-order chi connectivity index (χ0) is 20.3. The number of hydrogen-bond acceptors (Lipinski definition) is 7. The van der Waals surface area contributed by atoms with Crippen LogP contribution < -0.4 is 10.6 Å². The fourth-order valence-electron chi connectivity index (χ4n) is 2.58. The van der Waals surface area contributed by atoms with E-state index in [4.69, 9.17) is 0 Å². The number of carbonyl (C=O) groups is 1. The number of aromatic hydroxyl groups is 1. The van der Waals surface area contributed by atoms with Gasteiger partial charge in [-0.05, 0) is 44.2 Å². The SMILES string of the molecule is Cc1cc(C)nc(Nc2cccc(C(=O)Nc3ccc([N+](=O)[O-])cc3O)c2)n1. The molecule has 1 aromatic heterocycles. The van der Waals surface area contributed by atoms with Crippen LogP contribution in [0.4, 0.5) is 23.0 Å². The first-order chi connectivity index (χ1) is 13.3. The largest absolute Gasteiger partial charge is 0.506 e. The number of non-ortho nitro benzene ring substituents is 1. The Labute approximate surface area is 160 Å². The maximum atomic E-state index is 12.5. The molecule has 142 valence electrons. The van der Waals surface area contributed by atoms with E-state index >= 15 is 0 Å². The summed E-state index contributed by atoms with van der Waals surface area (Å²) in [6.07, 6.45) is 0. The standard InChI is InChI=1S/C19H17N5O4/c1-11-8-12(2)21-19(20-11)22-14-5-3-4-13(9-14)18(26)23-16-7-6-15(24(27)28)10-17(16)25/h3-10,25H,1-2H3,(H,23,26)(H,20,21,22). The van der Waals surface area contributed by atoms with Gasteiger partial charge in [-0.2, -0.15) is 0 Å². The monoisotopic (exact) mass is 379 g/mol. The first-order valence-electron chi connectivity index (χ1n) is 8.30. The van der Waals surface area contributed by atoms with Crippen LogP contribution in [0.1, 0.15) is 21.7 Å². The predicted octanol–water partition coefficient (Wildman–Crippen LogP) is 3.70. The van der Waals surface area contributed by atoms with Gasteiger partial charge in [0.2, 0.25) is 5.95 Å². The number of amides is 1. The highest BCUT2D eigenvalue weighted by Crippen LogP contribution is 2.28. The molecule has 2 aromatic carbocycles. The molecule has 0 aliphatic carbocycles. The molecule has 0 radical (unpaired) electrons. The van der Waals surface area contributed by atoms with Crippen molar-refractivity contribution in [1.82, 2.24) is 9.97 Å². The van der Waals surface area contributed by atoms with E-state index in [9.17, 15) is 20.0 Å². The van der Waals surface area contributed by atoms with Crippen LogP contribution >= 0.6 is 0 Å². The zero-order valence-corrected chi connectivity index (χ0v) is 15.1. The Kier molecular flexibility index (Phi) is 5.16. The van der Waals surface area contributed by atoms with Crippen LogP contribution in [0.2, 0.25) is 0 Å². The lowest BCUT2D eigenvalue weighted by Gasteiger charge is -2.10. The topological polar surface area (TPSA) is 130 Å². The van der Waals surface area contributed by atoms with Crippen LogP contribution in [0.15, 0.2) is 48.5 Å². The normalized spacial score (nSPS) is 10.4. The quantitative estimate of drug-likeness (QED) is 0.350. The average Bonchev–Trinajstić information content (AvgIpc) is 2.62. The van der Waals surface area contributed by atoms with Gasteiger partial charge in [0.05, 0.1) is 16.7 Å². The number of hydrogen-bond donors (Lipinski definition) is 3. The van der Waals surface area contributed by atoms with E-state index in [0.717, 1.165) is 17.5 Å². The van der Waals surface area contributed by atoms with Crippen LogP contribution in [0.5, 0.6) is 5.75 Å². The Morgan fingerprint density at radius 1 is 1.07 bits per heavy atom. The number of benzene rings is 2. The lowest BCUT2D eigenvalue weighted by molar-refractivity contribution is -0.384. The molecule has 3 rings (SSSR count). The molecule has 0 bridgehead atoms. The van der Waals surface area contributed by atoms with Gasteiger partial charge < -0.3 is 15.7 Å². The minimum Gasteiger partial charge on any atom is -0.506 e. The Bertz CT molecular complexity index is 1050. The summed E-state index contributed by atoms with van der Waals surface area (Å²) in [5.41, 5.74) is 2.38. The van der Waals surface area contributed by atoms with Gasteiger partial charge in [-0.15, -0.1) is 0 Å². The molecule has 0 aliphatic rings. The molecule has 0 aliphatic heterocycles. The van der Waals surface area contributed by atoms with Gasteiger partial charge in [-0.3, -0.25) is 14.9 Å². The maximum absolute atomic E-state index is 12.5. The summed E-state index contributed by atoms with van der Waals surface area (Å²) in [6, 6.07) is 12.0. The molecule has 9 nitrogen and oxygen atoms in total. The van der Waals surface area contributed by atoms with Crippen molar-refractivity contribution in [3.8, 4) is 5.75 Å². The average molecular weight is 379 g/mol. The van der Waals surface area contributed by atoms with Crippen molar-refractivity contribution in [1.29, 1.82) is 0 Å². The highest BCUT2D eigenvalue weighted by molar-refractivity contribution is 6.05. The second-order valence-electron chi connectivity index (χ2n) is 6.09. The van der Waals surface area contributed by atoms with Gasteiger partial charge in [0, 0.05) is 28.7 Å². The maximum Gasteiger partial charge on any atom is 0.273 e. The minimum atomic E-state index is -0.629. The van der Waals surface area contributed by atoms with Crippen LogP contribution in [-0.4, -0.2) is 25.9 Å². The number of phenols is 1. The highest BCUT2D eigenvalue weighted by Gasteiger charge is 2.13. The molecule has 9 heteroatoms. The summed E-state index contributed by atoms with van der Waals surface area (Å²) in [4.78, 5) is 31.2. The summed E-state index contributed by atoms with van der Waals surface area (Å²) in [7, 11) is 0. The van der Waals surface area contributed by atoms with Crippen molar-refractivity contribution in [3.05, 3.63) is 75.6 Å². The zero-order valence-electron chi connectivity index (χ0n) is 15.1. The van der Waals surface area contributed by atoms with Gasteiger partial charge in [0.1, 0.15) is 5.75 Å². The van der Waals surface area contributed by atoms with E-state index in [1.54, 1.807) is 24.3 Å². The molecule has 1 amide bonds. The second-order valence-corrected chi connectivity index (χ2v) is 6.09. The summed E-state index contributed by atoms with van der Waals surface area (Å²) in [6.45, 7) is 3.72. The van der Waals surface area contributed by atoms with E-state index in [2.05, 4.69) is 20.6 Å². The van der Waals surface area contributed by atoms with Gasteiger partial charge in [-0.25, -0.2) is 9.97 Å². The Balaban J connectivity index is 1.78. The van der Waals surface area contributed by atoms with Gasteiger partial charge in [-0.1, -0.05) is 6.07 Å². The molecule has 3 N–H and O–H groups in total. The van der Waals surface area contributed by atoms with Crippen molar-refractivity contribution in [2.75, 3.05) is 10.6 Å². The van der Waals surface area contributed by atoms with Gasteiger partial charge in [0.25, 0.3) is 11.6 Å². The molecule has 0 saturated carbocycles. The first kappa shape index (κ1) is 18.8. The third kappa shape index (κ3) is 4.39. The number of anilines is 3. The fourth-order valence-corrected chi connectivity index (χ4v) is 2.58. The number of aromatic nitrogens is 2. The van der Waals surface area contributed by atoms with Gasteiger partial charge >= 0.3 is 0 Å². The Morgan fingerprint density at radius 2 is 1.79 bits per heavy atom.